The van der Waals surface area contributed by atoms with Crippen molar-refractivity contribution in [1.82, 2.24) is 15.2 Å². The van der Waals surface area contributed by atoms with E-state index in [0.29, 0.717) is 16.5 Å². The lowest BCUT2D eigenvalue weighted by atomic mass is 10.1. The molecule has 0 radical (unpaired) electrons. The first-order valence-electron chi connectivity index (χ1n) is 6.38. The van der Waals surface area contributed by atoms with Crippen LogP contribution < -0.4 is 10.6 Å². The van der Waals surface area contributed by atoms with Gasteiger partial charge in [0.1, 0.15) is 11.4 Å². The van der Waals surface area contributed by atoms with Gasteiger partial charge in [-0.15, -0.1) is 0 Å². The van der Waals surface area contributed by atoms with E-state index in [2.05, 4.69) is 15.6 Å². The van der Waals surface area contributed by atoms with E-state index >= 15 is 0 Å². The van der Waals surface area contributed by atoms with Crippen LogP contribution in [0.4, 0.5) is 10.6 Å². The molecule has 0 atom stereocenters. The molecule has 7 heteroatoms. The van der Waals surface area contributed by atoms with Crippen molar-refractivity contribution in [3.63, 3.8) is 0 Å². The number of amides is 3. The number of anilines is 1. The Morgan fingerprint density at radius 1 is 1.40 bits per heavy atom. The molecule has 1 fully saturated rings. The minimum Gasteiger partial charge on any atom is -0.370 e. The monoisotopic (exact) mass is 296 g/mol. The van der Waals surface area contributed by atoms with Crippen molar-refractivity contribution in [1.29, 1.82) is 0 Å². The van der Waals surface area contributed by atoms with Crippen molar-refractivity contribution in [3.8, 4) is 0 Å². The number of halogens is 1. The molecule has 1 saturated heterocycles. The van der Waals surface area contributed by atoms with Crippen molar-refractivity contribution in [2.24, 2.45) is 0 Å². The summed E-state index contributed by atoms with van der Waals surface area (Å²) in [7, 11) is 0. The molecule has 1 aromatic heterocycles. The highest BCUT2D eigenvalue weighted by Crippen LogP contribution is 2.23. The number of urea groups is 1. The van der Waals surface area contributed by atoms with Gasteiger partial charge in [0.05, 0.1) is 17.3 Å². The van der Waals surface area contributed by atoms with Crippen molar-refractivity contribution < 1.29 is 9.59 Å². The van der Waals surface area contributed by atoms with E-state index in [0.717, 1.165) is 11.4 Å². The molecule has 0 saturated carbocycles. The summed E-state index contributed by atoms with van der Waals surface area (Å²) in [6.45, 7) is 6.07. The zero-order chi connectivity index (χ0) is 14.9. The predicted octanol–water partition coefficient (Wildman–Crippen LogP) is 2.00. The topological polar surface area (TPSA) is 74.3 Å². The second-order valence-electron chi connectivity index (χ2n) is 5.10. The SMILES string of the molecule is CCNc1ccc(Cl)c(CN2C(=O)NC(C)(C)C2=O)n1. The van der Waals surface area contributed by atoms with Crippen molar-refractivity contribution in [3.05, 3.63) is 22.8 Å². The van der Waals surface area contributed by atoms with E-state index in [1.54, 1.807) is 26.0 Å². The van der Waals surface area contributed by atoms with Crippen LogP contribution in [0.5, 0.6) is 0 Å². The van der Waals surface area contributed by atoms with Crippen LogP contribution in [0.15, 0.2) is 12.1 Å². The van der Waals surface area contributed by atoms with Gasteiger partial charge in [0.15, 0.2) is 0 Å². The molecule has 0 aliphatic carbocycles. The quantitative estimate of drug-likeness (QED) is 0.833. The summed E-state index contributed by atoms with van der Waals surface area (Å²) in [5.41, 5.74) is -0.394. The van der Waals surface area contributed by atoms with E-state index < -0.39 is 11.6 Å². The predicted molar refractivity (Wildman–Crippen MR) is 76.6 cm³/mol. The molecule has 1 aliphatic rings. The largest absolute Gasteiger partial charge is 0.370 e. The minimum absolute atomic E-state index is 0.0617. The zero-order valence-electron chi connectivity index (χ0n) is 11.7. The van der Waals surface area contributed by atoms with Crippen molar-refractivity contribution >= 4 is 29.4 Å². The molecule has 108 valence electrons. The summed E-state index contributed by atoms with van der Waals surface area (Å²) >= 11 is 6.08. The first-order valence-corrected chi connectivity index (χ1v) is 6.76. The normalized spacial score (nSPS) is 17.3. The average Bonchev–Trinajstić information content (AvgIpc) is 2.56. The lowest BCUT2D eigenvalue weighted by molar-refractivity contribution is -0.130. The molecular formula is C13H17ClN4O2. The molecule has 2 N–H and O–H groups in total. The van der Waals surface area contributed by atoms with Gasteiger partial charge in [-0.25, -0.2) is 9.78 Å². The number of rotatable bonds is 4. The maximum absolute atomic E-state index is 12.1. The minimum atomic E-state index is -0.886. The third-order valence-corrected chi connectivity index (χ3v) is 3.37. The Kier molecular flexibility index (Phi) is 3.85. The number of carbonyl (C=O) groups excluding carboxylic acids is 2. The molecule has 0 spiro atoms. The van der Waals surface area contributed by atoms with Gasteiger partial charge in [-0.2, -0.15) is 0 Å². The van der Waals surface area contributed by atoms with Crippen molar-refractivity contribution in [2.75, 3.05) is 11.9 Å². The maximum Gasteiger partial charge on any atom is 0.325 e. The van der Waals surface area contributed by atoms with Gasteiger partial charge in [0.25, 0.3) is 5.91 Å². The highest BCUT2D eigenvalue weighted by molar-refractivity contribution is 6.31. The molecule has 0 bridgehead atoms. The van der Waals surface area contributed by atoms with Gasteiger partial charge >= 0.3 is 6.03 Å². The van der Waals surface area contributed by atoms with Crippen LogP contribution in [0, 0.1) is 0 Å². The molecule has 1 aliphatic heterocycles. The van der Waals surface area contributed by atoms with E-state index in [1.165, 1.54) is 0 Å². The highest BCUT2D eigenvalue weighted by atomic mass is 35.5. The molecule has 0 aromatic carbocycles. The fourth-order valence-corrected chi connectivity index (χ4v) is 2.15. The Balaban J connectivity index is 2.24. The summed E-state index contributed by atoms with van der Waals surface area (Å²) in [5.74, 6) is 0.382. The van der Waals surface area contributed by atoms with Gasteiger partial charge in [-0.3, -0.25) is 9.69 Å². The number of pyridine rings is 1. The number of carbonyl (C=O) groups is 2. The third kappa shape index (κ3) is 2.70. The molecular weight excluding hydrogens is 280 g/mol. The van der Waals surface area contributed by atoms with Crippen LogP contribution >= 0.6 is 11.6 Å². The average molecular weight is 297 g/mol. The van der Waals surface area contributed by atoms with Gasteiger partial charge < -0.3 is 10.6 Å². The Labute approximate surface area is 122 Å². The van der Waals surface area contributed by atoms with E-state index in [9.17, 15) is 9.59 Å². The van der Waals surface area contributed by atoms with Crippen molar-refractivity contribution in [2.45, 2.75) is 32.9 Å². The molecule has 20 heavy (non-hydrogen) atoms. The van der Waals surface area contributed by atoms with Crippen LogP contribution in [0.25, 0.3) is 0 Å². The summed E-state index contributed by atoms with van der Waals surface area (Å²) in [5, 5.41) is 6.12. The molecule has 2 heterocycles. The second-order valence-corrected chi connectivity index (χ2v) is 5.51. The summed E-state index contributed by atoms with van der Waals surface area (Å²) in [4.78, 5) is 29.4. The Morgan fingerprint density at radius 3 is 2.65 bits per heavy atom. The van der Waals surface area contributed by atoms with Crippen LogP contribution in [0.1, 0.15) is 26.5 Å². The highest BCUT2D eigenvalue weighted by Gasteiger charge is 2.44. The van der Waals surface area contributed by atoms with Gasteiger partial charge in [-0.05, 0) is 32.9 Å². The summed E-state index contributed by atoms with van der Waals surface area (Å²) in [6, 6.07) is 3.03. The number of hydrogen-bond donors (Lipinski definition) is 2. The fourth-order valence-electron chi connectivity index (χ4n) is 1.99. The number of nitrogens with zero attached hydrogens (tertiary/aromatic N) is 2. The van der Waals surface area contributed by atoms with E-state index in [4.69, 9.17) is 11.6 Å². The number of hydrogen-bond acceptors (Lipinski definition) is 4. The second kappa shape index (κ2) is 5.28. The number of nitrogens with one attached hydrogen (secondary N) is 2. The molecule has 0 unspecified atom stereocenters. The fraction of sp³-hybridized carbons (Fsp3) is 0.462. The lowest BCUT2D eigenvalue weighted by Gasteiger charge is -2.16. The summed E-state index contributed by atoms with van der Waals surface area (Å²) in [6.07, 6.45) is 0. The first kappa shape index (κ1) is 14.6. The van der Waals surface area contributed by atoms with Gasteiger partial charge in [-0.1, -0.05) is 11.6 Å². The first-order chi connectivity index (χ1) is 9.35. The Bertz CT molecular complexity index is 559. The smallest absolute Gasteiger partial charge is 0.325 e. The van der Waals surface area contributed by atoms with Crippen LogP contribution in [0.2, 0.25) is 5.02 Å². The number of imide groups is 1. The Hall–Kier alpha value is -1.82. The molecule has 2 rings (SSSR count). The molecule has 1 aromatic rings. The van der Waals surface area contributed by atoms with Gasteiger partial charge in [0, 0.05) is 6.54 Å². The van der Waals surface area contributed by atoms with E-state index in [1.807, 2.05) is 6.92 Å². The van der Waals surface area contributed by atoms with Crippen LogP contribution in [0.3, 0.4) is 0 Å². The lowest BCUT2D eigenvalue weighted by Crippen LogP contribution is -2.40. The molecule has 3 amide bonds. The van der Waals surface area contributed by atoms with Crippen LogP contribution in [-0.4, -0.2) is 33.9 Å². The van der Waals surface area contributed by atoms with Crippen LogP contribution in [-0.2, 0) is 11.3 Å². The summed E-state index contributed by atoms with van der Waals surface area (Å²) < 4.78 is 0. The zero-order valence-corrected chi connectivity index (χ0v) is 12.4. The maximum atomic E-state index is 12.1. The van der Waals surface area contributed by atoms with Gasteiger partial charge in [0.2, 0.25) is 0 Å². The Morgan fingerprint density at radius 2 is 2.10 bits per heavy atom. The van der Waals surface area contributed by atoms with E-state index in [-0.39, 0.29) is 12.5 Å². The molecule has 6 nitrogen and oxygen atoms in total. The number of aromatic nitrogens is 1. The standard InChI is InChI=1S/C13H17ClN4O2/c1-4-15-10-6-5-8(14)9(16-10)7-18-11(19)13(2,3)17-12(18)20/h5-6H,4,7H2,1-3H3,(H,15,16)(H,17,20). The third-order valence-electron chi connectivity index (χ3n) is 3.03.